The molecule has 0 aliphatic heterocycles. The minimum atomic E-state index is -0.357. The Kier molecular flexibility index (Phi) is 8.59. The largest absolute Gasteiger partial charge is 0.495 e. The van der Waals surface area contributed by atoms with Crippen molar-refractivity contribution in [3.8, 4) is 17.2 Å². The van der Waals surface area contributed by atoms with Gasteiger partial charge in [0.25, 0.3) is 0 Å². The molecule has 9 heteroatoms. The first-order valence-corrected chi connectivity index (χ1v) is 11.7. The van der Waals surface area contributed by atoms with Gasteiger partial charge in [-0.3, -0.25) is 4.79 Å². The quantitative estimate of drug-likeness (QED) is 0.402. The number of amides is 1. The maximum absolute atomic E-state index is 12.6. The Morgan fingerprint density at radius 1 is 0.970 bits per heavy atom. The molecule has 1 atom stereocenters. The molecule has 1 N–H and O–H groups in total. The molecule has 3 aromatic rings. The molecule has 3 rings (SSSR count). The first-order valence-electron chi connectivity index (χ1n) is 10.7. The zero-order valence-corrected chi connectivity index (χ0v) is 20.4. The van der Waals surface area contributed by atoms with E-state index in [9.17, 15) is 4.79 Å². The summed E-state index contributed by atoms with van der Waals surface area (Å²) in [4.78, 5) is 12.6. The van der Waals surface area contributed by atoms with E-state index in [4.69, 9.17) is 14.2 Å². The van der Waals surface area contributed by atoms with Gasteiger partial charge in [-0.25, -0.2) is 0 Å². The van der Waals surface area contributed by atoms with Crippen LogP contribution in [-0.2, 0) is 11.3 Å². The molecule has 1 unspecified atom stereocenters. The molecular weight excluding hydrogens is 440 g/mol. The van der Waals surface area contributed by atoms with Crippen LogP contribution in [0.3, 0.4) is 0 Å². The maximum atomic E-state index is 12.6. The van der Waals surface area contributed by atoms with Crippen molar-refractivity contribution < 1.29 is 19.0 Å². The number of ether oxygens (including phenoxy) is 3. The minimum absolute atomic E-state index is 0.150. The van der Waals surface area contributed by atoms with E-state index in [0.29, 0.717) is 46.4 Å². The second-order valence-electron chi connectivity index (χ2n) is 7.79. The maximum Gasteiger partial charge on any atom is 0.234 e. The molecule has 8 nitrogen and oxygen atoms in total. The lowest BCUT2D eigenvalue weighted by molar-refractivity contribution is -0.113. The standard InChI is InChI=1S/C24H30N4O4S/c1-16(2)14-28-23(17(3)32-21-13-9-8-12-20(21)31-5)26-27-24(28)33-15-22(29)25-18-10-6-7-11-19(18)30-4/h6-13,16-17H,14-15H2,1-5H3,(H,25,29). The van der Waals surface area contributed by atoms with E-state index in [1.807, 2.05) is 47.9 Å². The lowest BCUT2D eigenvalue weighted by Crippen LogP contribution is -2.17. The molecule has 0 bridgehead atoms. The highest BCUT2D eigenvalue weighted by Crippen LogP contribution is 2.31. The normalized spacial score (nSPS) is 11.8. The van der Waals surface area contributed by atoms with Crippen LogP contribution in [0.4, 0.5) is 5.69 Å². The summed E-state index contributed by atoms with van der Waals surface area (Å²) < 4.78 is 18.8. The molecule has 0 aliphatic rings. The zero-order chi connectivity index (χ0) is 23.8. The van der Waals surface area contributed by atoms with Crippen LogP contribution in [0.1, 0.15) is 32.7 Å². The smallest absolute Gasteiger partial charge is 0.234 e. The average Bonchev–Trinajstić information content (AvgIpc) is 3.20. The van der Waals surface area contributed by atoms with Crippen molar-refractivity contribution in [3.63, 3.8) is 0 Å². The second-order valence-corrected chi connectivity index (χ2v) is 8.74. The van der Waals surface area contributed by atoms with Crippen LogP contribution in [-0.4, -0.2) is 40.6 Å². The van der Waals surface area contributed by atoms with Gasteiger partial charge >= 0.3 is 0 Å². The number of rotatable bonds is 11. The molecule has 0 fully saturated rings. The highest BCUT2D eigenvalue weighted by atomic mass is 32.2. The van der Waals surface area contributed by atoms with Crippen molar-refractivity contribution in [1.29, 1.82) is 0 Å². The first-order chi connectivity index (χ1) is 15.9. The SMILES string of the molecule is COc1ccccc1NC(=O)CSc1nnc(C(C)Oc2ccccc2OC)n1CC(C)C. The van der Waals surface area contributed by atoms with Crippen molar-refractivity contribution in [1.82, 2.24) is 14.8 Å². The molecule has 0 saturated carbocycles. The number of carbonyl (C=O) groups is 1. The number of carbonyl (C=O) groups excluding carboxylic acids is 1. The van der Waals surface area contributed by atoms with Crippen molar-refractivity contribution in [2.45, 2.75) is 38.6 Å². The number of nitrogens with one attached hydrogen (secondary N) is 1. The molecule has 0 spiro atoms. The molecule has 2 aromatic carbocycles. The zero-order valence-electron chi connectivity index (χ0n) is 19.6. The third-order valence-corrected chi connectivity index (χ3v) is 5.71. The van der Waals surface area contributed by atoms with Gasteiger partial charge in [0.05, 0.1) is 25.7 Å². The number of anilines is 1. The number of para-hydroxylation sites is 4. The summed E-state index contributed by atoms with van der Waals surface area (Å²) in [6.45, 7) is 6.88. The van der Waals surface area contributed by atoms with Crippen LogP contribution < -0.4 is 19.5 Å². The number of thioether (sulfide) groups is 1. The van der Waals surface area contributed by atoms with Gasteiger partial charge < -0.3 is 24.1 Å². The summed E-state index contributed by atoms with van der Waals surface area (Å²) in [5, 5.41) is 12.3. The van der Waals surface area contributed by atoms with E-state index in [1.54, 1.807) is 26.4 Å². The highest BCUT2D eigenvalue weighted by molar-refractivity contribution is 7.99. The van der Waals surface area contributed by atoms with Gasteiger partial charge in [0.1, 0.15) is 5.75 Å². The first kappa shape index (κ1) is 24.4. The van der Waals surface area contributed by atoms with Crippen molar-refractivity contribution >= 4 is 23.4 Å². The Labute approximate surface area is 198 Å². The lowest BCUT2D eigenvalue weighted by Gasteiger charge is -2.19. The number of hydrogen-bond acceptors (Lipinski definition) is 7. The molecular formula is C24H30N4O4S. The van der Waals surface area contributed by atoms with E-state index in [1.165, 1.54) is 11.8 Å². The molecule has 0 saturated heterocycles. The van der Waals surface area contributed by atoms with Crippen LogP contribution in [0.2, 0.25) is 0 Å². The predicted molar refractivity (Wildman–Crippen MR) is 129 cm³/mol. The number of benzene rings is 2. The number of nitrogens with zero attached hydrogens (tertiary/aromatic N) is 3. The van der Waals surface area contributed by atoms with Crippen LogP contribution in [0.25, 0.3) is 0 Å². The third kappa shape index (κ3) is 6.41. The van der Waals surface area contributed by atoms with Crippen molar-refractivity contribution in [2.75, 3.05) is 25.3 Å². The van der Waals surface area contributed by atoms with Crippen LogP contribution in [0.15, 0.2) is 53.7 Å². The fourth-order valence-corrected chi connectivity index (χ4v) is 4.02. The summed E-state index contributed by atoms with van der Waals surface area (Å²) >= 11 is 1.34. The van der Waals surface area contributed by atoms with Gasteiger partial charge in [-0.1, -0.05) is 49.9 Å². The lowest BCUT2D eigenvalue weighted by atomic mass is 10.2. The molecule has 33 heavy (non-hydrogen) atoms. The monoisotopic (exact) mass is 470 g/mol. The molecule has 1 aromatic heterocycles. The third-order valence-electron chi connectivity index (χ3n) is 4.74. The van der Waals surface area contributed by atoms with Crippen molar-refractivity contribution in [3.05, 3.63) is 54.4 Å². The summed E-state index contributed by atoms with van der Waals surface area (Å²) in [7, 11) is 3.18. The Morgan fingerprint density at radius 3 is 2.27 bits per heavy atom. The summed E-state index contributed by atoms with van der Waals surface area (Å²) in [5.74, 6) is 3.00. The van der Waals surface area contributed by atoms with E-state index in [-0.39, 0.29) is 17.8 Å². The topological polar surface area (TPSA) is 87.5 Å². The number of hydrogen-bond donors (Lipinski definition) is 1. The summed E-state index contributed by atoms with van der Waals surface area (Å²) in [6, 6.07) is 14.8. The molecule has 1 heterocycles. The molecule has 176 valence electrons. The minimum Gasteiger partial charge on any atom is -0.495 e. The van der Waals surface area contributed by atoms with E-state index >= 15 is 0 Å². The molecule has 1 amide bonds. The van der Waals surface area contributed by atoms with E-state index < -0.39 is 0 Å². The average molecular weight is 471 g/mol. The predicted octanol–water partition coefficient (Wildman–Crippen LogP) is 4.82. The Hall–Kier alpha value is -3.20. The van der Waals surface area contributed by atoms with Gasteiger partial charge in [0.15, 0.2) is 28.6 Å². The fourth-order valence-electron chi connectivity index (χ4n) is 3.27. The summed E-state index contributed by atoms with van der Waals surface area (Å²) in [6.07, 6.45) is -0.357. The Bertz CT molecular complexity index is 1070. The van der Waals surface area contributed by atoms with Gasteiger partial charge in [-0.15, -0.1) is 10.2 Å². The highest BCUT2D eigenvalue weighted by Gasteiger charge is 2.22. The van der Waals surface area contributed by atoms with E-state index in [2.05, 4.69) is 29.4 Å². The summed E-state index contributed by atoms with van der Waals surface area (Å²) in [5.41, 5.74) is 0.633. The Morgan fingerprint density at radius 2 is 1.61 bits per heavy atom. The Balaban J connectivity index is 1.73. The van der Waals surface area contributed by atoms with Gasteiger partial charge in [0, 0.05) is 6.54 Å². The molecule has 0 aliphatic carbocycles. The number of methoxy groups -OCH3 is 2. The second kappa shape index (κ2) is 11.6. The van der Waals surface area contributed by atoms with Crippen LogP contribution in [0.5, 0.6) is 17.2 Å². The fraction of sp³-hybridized carbons (Fsp3) is 0.375. The van der Waals surface area contributed by atoms with Crippen LogP contribution >= 0.6 is 11.8 Å². The molecule has 0 radical (unpaired) electrons. The van der Waals surface area contributed by atoms with Crippen LogP contribution in [0, 0.1) is 5.92 Å². The number of aromatic nitrogens is 3. The van der Waals surface area contributed by atoms with Crippen molar-refractivity contribution in [2.24, 2.45) is 5.92 Å². The van der Waals surface area contributed by atoms with Gasteiger partial charge in [-0.05, 0) is 37.1 Å². The van der Waals surface area contributed by atoms with Gasteiger partial charge in [-0.2, -0.15) is 0 Å². The van der Waals surface area contributed by atoms with E-state index in [0.717, 1.165) is 0 Å². The van der Waals surface area contributed by atoms with Gasteiger partial charge in [0.2, 0.25) is 5.91 Å².